The normalized spacial score (nSPS) is 17.9. The quantitative estimate of drug-likeness (QED) is 0.595. The Bertz CT molecular complexity index is 1320. The fourth-order valence-corrected chi connectivity index (χ4v) is 5.02. The molecular weight excluding hydrogens is 452 g/mol. The Morgan fingerprint density at radius 3 is 2.56 bits per heavy atom. The number of hydrogen-bond donors (Lipinski definition) is 1. The maximum absolute atomic E-state index is 9.81. The van der Waals surface area contributed by atoms with Crippen LogP contribution in [0.25, 0.3) is 11.3 Å². The molecule has 3 aromatic rings. The molecule has 3 aliphatic rings. The van der Waals surface area contributed by atoms with Crippen LogP contribution in [0.4, 0.5) is 11.4 Å². The fourth-order valence-electron chi connectivity index (χ4n) is 5.02. The summed E-state index contributed by atoms with van der Waals surface area (Å²) < 4.78 is 11.6. The first-order chi connectivity index (χ1) is 17.8. The second-order valence-corrected chi connectivity index (χ2v) is 9.29. The molecule has 0 aliphatic carbocycles. The Hall–Kier alpha value is -3.80. The van der Waals surface area contributed by atoms with Crippen molar-refractivity contribution in [3.05, 3.63) is 65.6 Å². The van der Waals surface area contributed by atoms with Gasteiger partial charge in [0, 0.05) is 30.8 Å². The highest BCUT2D eigenvalue weighted by atomic mass is 16.5. The first kappa shape index (κ1) is 22.7. The van der Waals surface area contributed by atoms with Crippen LogP contribution in [-0.4, -0.2) is 61.2 Å². The number of nitriles is 1. The molecule has 0 unspecified atom stereocenters. The summed E-state index contributed by atoms with van der Waals surface area (Å²) in [6.45, 7) is 5.24. The molecule has 3 aliphatic heterocycles. The molecule has 0 atom stereocenters. The van der Waals surface area contributed by atoms with Gasteiger partial charge in [-0.3, -0.25) is 0 Å². The Morgan fingerprint density at radius 2 is 1.78 bits per heavy atom. The maximum Gasteiger partial charge on any atom is 0.137 e. The van der Waals surface area contributed by atoms with Gasteiger partial charge in [0.25, 0.3) is 0 Å². The van der Waals surface area contributed by atoms with Crippen molar-refractivity contribution in [3.8, 4) is 23.1 Å². The Kier molecular flexibility index (Phi) is 6.33. The number of aromatic nitrogens is 2. The summed E-state index contributed by atoms with van der Waals surface area (Å²) in [6.07, 6.45) is 4.26. The number of rotatable bonds is 5. The van der Waals surface area contributed by atoms with E-state index < -0.39 is 0 Å². The standard InChI is InChI=1S/C28H28N6O2/c29-17-21-15-20(3-6-26(21)36-23-7-9-30-10-8-23)27-28-25(31-18-32-27)16-24(33-28)19-1-4-22(5-2-19)34-11-13-35-14-12-34/h1-6,15,18,23,30H,7-14,16H2. The molecule has 1 N–H and O–H groups in total. The van der Waals surface area contributed by atoms with Crippen LogP contribution in [-0.2, 0) is 11.2 Å². The van der Waals surface area contributed by atoms with E-state index in [1.807, 2.05) is 18.2 Å². The molecule has 2 aromatic carbocycles. The fraction of sp³-hybridized carbons (Fsp3) is 0.357. The predicted molar refractivity (Wildman–Crippen MR) is 138 cm³/mol. The number of benzene rings is 2. The average molecular weight is 481 g/mol. The first-order valence-corrected chi connectivity index (χ1v) is 12.5. The lowest BCUT2D eigenvalue weighted by molar-refractivity contribution is 0.122. The summed E-state index contributed by atoms with van der Waals surface area (Å²) in [5.41, 5.74) is 7.04. The number of piperidine rings is 1. The zero-order valence-corrected chi connectivity index (χ0v) is 20.1. The molecule has 4 heterocycles. The van der Waals surface area contributed by atoms with Gasteiger partial charge in [0.15, 0.2) is 0 Å². The summed E-state index contributed by atoms with van der Waals surface area (Å²) in [5.74, 6) is 0.628. The van der Waals surface area contributed by atoms with Crippen LogP contribution in [0.15, 0.2) is 53.8 Å². The number of nitrogens with one attached hydrogen (secondary N) is 1. The van der Waals surface area contributed by atoms with Gasteiger partial charge in [-0.1, -0.05) is 12.1 Å². The van der Waals surface area contributed by atoms with Gasteiger partial charge in [0.05, 0.1) is 35.9 Å². The zero-order chi connectivity index (χ0) is 24.3. The smallest absolute Gasteiger partial charge is 0.137 e. The number of morpholine rings is 1. The number of ether oxygens (including phenoxy) is 2. The molecule has 8 nitrogen and oxygen atoms in total. The molecule has 36 heavy (non-hydrogen) atoms. The van der Waals surface area contributed by atoms with Crippen molar-refractivity contribution in [2.45, 2.75) is 25.4 Å². The van der Waals surface area contributed by atoms with Crippen LogP contribution >= 0.6 is 0 Å². The molecule has 0 amide bonds. The Labute approximate surface area is 210 Å². The van der Waals surface area contributed by atoms with Gasteiger partial charge < -0.3 is 19.7 Å². The molecule has 0 bridgehead atoms. The molecule has 182 valence electrons. The molecule has 0 radical (unpaired) electrons. The number of fused-ring (bicyclic) bond motifs is 1. The van der Waals surface area contributed by atoms with E-state index in [2.05, 4.69) is 50.5 Å². The Morgan fingerprint density at radius 1 is 1.00 bits per heavy atom. The first-order valence-electron chi connectivity index (χ1n) is 12.5. The van der Waals surface area contributed by atoms with E-state index in [-0.39, 0.29) is 6.10 Å². The van der Waals surface area contributed by atoms with Crippen molar-refractivity contribution in [2.24, 2.45) is 4.99 Å². The molecule has 2 saturated heterocycles. The number of hydrogen-bond acceptors (Lipinski definition) is 8. The van der Waals surface area contributed by atoms with E-state index in [1.165, 1.54) is 5.69 Å². The van der Waals surface area contributed by atoms with Gasteiger partial charge in [-0.15, -0.1) is 0 Å². The van der Waals surface area contributed by atoms with Gasteiger partial charge in [0.2, 0.25) is 0 Å². The van der Waals surface area contributed by atoms with Crippen molar-refractivity contribution < 1.29 is 9.47 Å². The summed E-state index contributed by atoms with van der Waals surface area (Å²) in [4.78, 5) is 16.3. The van der Waals surface area contributed by atoms with Gasteiger partial charge in [-0.05, 0) is 61.8 Å². The SMILES string of the molecule is N#Cc1cc(-c2ncnc3c2N=C(c2ccc(N4CCOCC4)cc2)C3)ccc1OC1CCNCC1. The minimum atomic E-state index is 0.134. The minimum Gasteiger partial charge on any atom is -0.489 e. The van der Waals surface area contributed by atoms with Crippen molar-refractivity contribution in [1.29, 1.82) is 5.26 Å². The zero-order valence-electron chi connectivity index (χ0n) is 20.1. The third kappa shape index (κ3) is 4.55. The second kappa shape index (κ2) is 10.1. The van der Waals surface area contributed by atoms with Crippen LogP contribution in [0.3, 0.4) is 0 Å². The van der Waals surface area contributed by atoms with Crippen molar-refractivity contribution in [2.75, 3.05) is 44.3 Å². The van der Waals surface area contributed by atoms with Crippen LogP contribution < -0.4 is 15.0 Å². The lowest BCUT2D eigenvalue weighted by Gasteiger charge is -2.28. The minimum absolute atomic E-state index is 0.134. The van der Waals surface area contributed by atoms with Crippen LogP contribution in [0.2, 0.25) is 0 Å². The predicted octanol–water partition coefficient (Wildman–Crippen LogP) is 3.66. The van der Waals surface area contributed by atoms with Crippen molar-refractivity contribution in [3.63, 3.8) is 0 Å². The van der Waals surface area contributed by atoms with Crippen LogP contribution in [0, 0.1) is 11.3 Å². The highest BCUT2D eigenvalue weighted by molar-refractivity contribution is 6.07. The average Bonchev–Trinajstić information content (AvgIpc) is 3.39. The number of nitrogens with zero attached hydrogens (tertiary/aromatic N) is 5. The van der Waals surface area contributed by atoms with Gasteiger partial charge in [-0.2, -0.15) is 5.26 Å². The third-order valence-corrected chi connectivity index (χ3v) is 7.01. The van der Waals surface area contributed by atoms with Gasteiger partial charge >= 0.3 is 0 Å². The summed E-state index contributed by atoms with van der Waals surface area (Å²) in [6, 6.07) is 16.6. The van der Waals surface area contributed by atoms with Gasteiger partial charge in [-0.25, -0.2) is 15.0 Å². The Balaban J connectivity index is 1.25. The van der Waals surface area contributed by atoms with E-state index in [1.54, 1.807) is 6.33 Å². The molecule has 1 aromatic heterocycles. The monoisotopic (exact) mass is 480 g/mol. The van der Waals surface area contributed by atoms with Crippen LogP contribution in [0.5, 0.6) is 5.75 Å². The molecule has 6 rings (SSSR count). The topological polar surface area (TPSA) is 95.7 Å². The molecular formula is C28H28N6O2. The summed E-state index contributed by atoms with van der Waals surface area (Å²) in [7, 11) is 0. The molecule has 0 spiro atoms. The summed E-state index contributed by atoms with van der Waals surface area (Å²) in [5, 5.41) is 13.1. The summed E-state index contributed by atoms with van der Waals surface area (Å²) >= 11 is 0. The number of aliphatic imine (C=N–C) groups is 1. The molecule has 2 fully saturated rings. The van der Waals surface area contributed by atoms with E-state index in [4.69, 9.17) is 14.5 Å². The maximum atomic E-state index is 9.81. The molecule has 8 heteroatoms. The van der Waals surface area contributed by atoms with E-state index >= 15 is 0 Å². The largest absolute Gasteiger partial charge is 0.489 e. The van der Waals surface area contributed by atoms with Gasteiger partial charge in [0.1, 0.15) is 29.9 Å². The highest BCUT2D eigenvalue weighted by Crippen LogP contribution is 2.37. The third-order valence-electron chi connectivity index (χ3n) is 7.01. The van der Waals surface area contributed by atoms with E-state index in [0.717, 1.165) is 86.1 Å². The van der Waals surface area contributed by atoms with Crippen molar-refractivity contribution >= 4 is 17.1 Å². The number of anilines is 1. The second-order valence-electron chi connectivity index (χ2n) is 9.29. The highest BCUT2D eigenvalue weighted by Gasteiger charge is 2.23. The van der Waals surface area contributed by atoms with E-state index in [9.17, 15) is 5.26 Å². The van der Waals surface area contributed by atoms with E-state index in [0.29, 0.717) is 17.7 Å². The van der Waals surface area contributed by atoms with Crippen LogP contribution in [0.1, 0.15) is 29.7 Å². The lowest BCUT2D eigenvalue weighted by Crippen LogP contribution is -2.36. The van der Waals surface area contributed by atoms with Crippen molar-refractivity contribution in [1.82, 2.24) is 15.3 Å². The molecule has 0 saturated carbocycles. The lowest BCUT2D eigenvalue weighted by atomic mass is 10.0.